The normalized spacial score (nSPS) is 10.8. The summed E-state index contributed by atoms with van der Waals surface area (Å²) in [7, 11) is 1.37. The minimum atomic E-state index is -0.359. The molecule has 2 aromatic heterocycles. The van der Waals surface area contributed by atoms with E-state index >= 15 is 0 Å². The van der Waals surface area contributed by atoms with E-state index in [0.29, 0.717) is 17.9 Å². The molecule has 0 fully saturated rings. The van der Waals surface area contributed by atoms with Gasteiger partial charge in [0.15, 0.2) is 0 Å². The number of ether oxygens (including phenoxy) is 1. The van der Waals surface area contributed by atoms with Crippen LogP contribution in [0.25, 0.3) is 0 Å². The summed E-state index contributed by atoms with van der Waals surface area (Å²) >= 11 is 1.80. The predicted molar refractivity (Wildman–Crippen MR) is 79.1 cm³/mol. The molecule has 108 valence electrons. The summed E-state index contributed by atoms with van der Waals surface area (Å²) in [6, 6.07) is 3.93. The van der Waals surface area contributed by atoms with Crippen molar-refractivity contribution in [2.45, 2.75) is 33.9 Å². The second-order valence-electron chi connectivity index (χ2n) is 4.73. The number of methoxy groups -OCH3 is 1. The first kappa shape index (κ1) is 14.8. The average Bonchev–Trinajstić information content (AvgIpc) is 2.92. The van der Waals surface area contributed by atoms with Crippen molar-refractivity contribution < 1.29 is 13.9 Å². The monoisotopic (exact) mass is 293 g/mol. The van der Waals surface area contributed by atoms with Gasteiger partial charge in [-0.05, 0) is 38.5 Å². The van der Waals surface area contributed by atoms with Gasteiger partial charge in [-0.25, -0.2) is 4.79 Å². The Kier molecular flexibility index (Phi) is 4.62. The van der Waals surface area contributed by atoms with Crippen molar-refractivity contribution in [3.05, 3.63) is 44.5 Å². The highest BCUT2D eigenvalue weighted by atomic mass is 32.1. The van der Waals surface area contributed by atoms with Gasteiger partial charge in [-0.3, -0.25) is 0 Å². The van der Waals surface area contributed by atoms with Crippen molar-refractivity contribution in [1.29, 1.82) is 0 Å². The van der Waals surface area contributed by atoms with Gasteiger partial charge in [-0.1, -0.05) is 0 Å². The van der Waals surface area contributed by atoms with Gasteiger partial charge in [0.25, 0.3) is 0 Å². The topological polar surface area (TPSA) is 51.5 Å². The second kappa shape index (κ2) is 6.24. The molecule has 0 amide bonds. The number of hydrogen-bond donors (Lipinski definition) is 1. The maximum atomic E-state index is 11.5. The molecular weight excluding hydrogens is 274 g/mol. The van der Waals surface area contributed by atoms with Crippen LogP contribution in [-0.2, 0) is 17.8 Å². The molecule has 0 aliphatic rings. The number of esters is 1. The van der Waals surface area contributed by atoms with Crippen molar-refractivity contribution in [2.24, 2.45) is 0 Å². The van der Waals surface area contributed by atoms with Gasteiger partial charge in [0.05, 0.1) is 13.7 Å². The molecule has 2 heterocycles. The highest BCUT2D eigenvalue weighted by Gasteiger charge is 2.15. The molecule has 0 spiro atoms. The van der Waals surface area contributed by atoms with Crippen LogP contribution in [-0.4, -0.2) is 13.1 Å². The molecule has 0 atom stereocenters. The zero-order valence-electron chi connectivity index (χ0n) is 12.2. The lowest BCUT2D eigenvalue weighted by molar-refractivity contribution is 0.0599. The van der Waals surface area contributed by atoms with Crippen LogP contribution in [0.15, 0.2) is 16.5 Å². The van der Waals surface area contributed by atoms with Gasteiger partial charge in [-0.15, -0.1) is 11.3 Å². The first-order chi connectivity index (χ1) is 9.51. The van der Waals surface area contributed by atoms with Gasteiger partial charge in [0.2, 0.25) is 0 Å². The second-order valence-corrected chi connectivity index (χ2v) is 6.07. The van der Waals surface area contributed by atoms with E-state index in [1.54, 1.807) is 24.3 Å². The number of thiophene rings is 1. The molecule has 1 N–H and O–H groups in total. The Morgan fingerprint density at radius 1 is 1.30 bits per heavy atom. The highest BCUT2D eigenvalue weighted by molar-refractivity contribution is 7.12. The number of carbonyl (C=O) groups is 1. The minimum Gasteiger partial charge on any atom is -0.465 e. The fraction of sp³-hybridized carbons (Fsp3) is 0.400. The number of carbonyl (C=O) groups excluding carboxylic acids is 1. The van der Waals surface area contributed by atoms with Crippen molar-refractivity contribution in [3.63, 3.8) is 0 Å². The van der Waals surface area contributed by atoms with Crippen LogP contribution in [0.5, 0.6) is 0 Å². The summed E-state index contributed by atoms with van der Waals surface area (Å²) in [6.07, 6.45) is 0. The quantitative estimate of drug-likeness (QED) is 0.859. The number of aryl methyl sites for hydroxylation is 3. The van der Waals surface area contributed by atoms with Crippen LogP contribution in [0.4, 0.5) is 0 Å². The van der Waals surface area contributed by atoms with Crippen molar-refractivity contribution in [1.82, 2.24) is 5.32 Å². The molecule has 0 unspecified atom stereocenters. The van der Waals surface area contributed by atoms with Crippen LogP contribution >= 0.6 is 11.3 Å². The third-order valence-corrected chi connectivity index (χ3v) is 4.34. The van der Waals surface area contributed by atoms with Crippen molar-refractivity contribution >= 4 is 17.3 Å². The van der Waals surface area contributed by atoms with Gasteiger partial charge >= 0.3 is 5.97 Å². The molecule has 5 heteroatoms. The van der Waals surface area contributed by atoms with Crippen LogP contribution < -0.4 is 5.32 Å². The SMILES string of the molecule is COC(=O)c1cc(CNCc2cc(C)c(C)s2)oc1C. The summed E-state index contributed by atoms with van der Waals surface area (Å²) < 4.78 is 10.2. The molecule has 4 nitrogen and oxygen atoms in total. The smallest absolute Gasteiger partial charge is 0.341 e. The molecule has 0 aliphatic heterocycles. The van der Waals surface area contributed by atoms with Crippen LogP contribution in [0.2, 0.25) is 0 Å². The lowest BCUT2D eigenvalue weighted by atomic mass is 10.2. The summed E-state index contributed by atoms with van der Waals surface area (Å²) in [5, 5.41) is 3.32. The van der Waals surface area contributed by atoms with Crippen LogP contribution in [0.3, 0.4) is 0 Å². The zero-order valence-corrected chi connectivity index (χ0v) is 13.0. The molecule has 0 aliphatic carbocycles. The Hall–Kier alpha value is -1.59. The number of furan rings is 1. The molecule has 0 bridgehead atoms. The third kappa shape index (κ3) is 3.29. The van der Waals surface area contributed by atoms with E-state index in [4.69, 9.17) is 9.15 Å². The van der Waals surface area contributed by atoms with E-state index in [1.165, 1.54) is 22.4 Å². The largest absolute Gasteiger partial charge is 0.465 e. The van der Waals surface area contributed by atoms with Crippen molar-refractivity contribution in [3.8, 4) is 0 Å². The third-order valence-electron chi connectivity index (χ3n) is 3.19. The average molecular weight is 293 g/mol. The molecule has 0 saturated heterocycles. The number of nitrogens with one attached hydrogen (secondary N) is 1. The molecule has 20 heavy (non-hydrogen) atoms. The lowest BCUT2D eigenvalue weighted by Crippen LogP contribution is -2.11. The standard InChI is InChI=1S/C15H19NO3S/c1-9-5-13(20-11(9)3)8-16-7-12-6-14(10(2)19-12)15(17)18-4/h5-6,16H,7-8H2,1-4H3. The van der Waals surface area contributed by atoms with Crippen LogP contribution in [0, 0.1) is 20.8 Å². The summed E-state index contributed by atoms with van der Waals surface area (Å²) in [5.74, 6) is 0.978. The Bertz CT molecular complexity index is 593. The van der Waals surface area contributed by atoms with E-state index < -0.39 is 0 Å². The maximum absolute atomic E-state index is 11.5. The van der Waals surface area contributed by atoms with Gasteiger partial charge in [-0.2, -0.15) is 0 Å². The van der Waals surface area contributed by atoms with Crippen LogP contribution in [0.1, 0.15) is 37.2 Å². The molecule has 0 saturated carbocycles. The van der Waals surface area contributed by atoms with E-state index in [-0.39, 0.29) is 5.97 Å². The van der Waals surface area contributed by atoms with E-state index in [1.807, 2.05) is 0 Å². The predicted octanol–water partition coefficient (Wildman–Crippen LogP) is 3.34. The fourth-order valence-electron chi connectivity index (χ4n) is 1.99. The van der Waals surface area contributed by atoms with Gasteiger partial charge in [0.1, 0.15) is 17.1 Å². The lowest BCUT2D eigenvalue weighted by Gasteiger charge is -1.99. The first-order valence-corrected chi connectivity index (χ1v) is 7.27. The van der Waals surface area contributed by atoms with E-state index in [9.17, 15) is 4.79 Å². The Labute approximate surface area is 122 Å². The Balaban J connectivity index is 1.93. The van der Waals surface area contributed by atoms with Gasteiger partial charge < -0.3 is 14.5 Å². The molecule has 0 aromatic carbocycles. The fourth-order valence-corrected chi connectivity index (χ4v) is 3.01. The summed E-state index contributed by atoms with van der Waals surface area (Å²) in [4.78, 5) is 14.1. The molecule has 2 rings (SSSR count). The van der Waals surface area contributed by atoms with Gasteiger partial charge in [0, 0.05) is 16.3 Å². The molecule has 2 aromatic rings. The number of rotatable bonds is 5. The minimum absolute atomic E-state index is 0.359. The Morgan fingerprint density at radius 2 is 2.05 bits per heavy atom. The van der Waals surface area contributed by atoms with E-state index in [2.05, 4.69) is 25.2 Å². The number of hydrogen-bond acceptors (Lipinski definition) is 5. The molecular formula is C15H19NO3S. The van der Waals surface area contributed by atoms with E-state index in [0.717, 1.165) is 12.3 Å². The molecule has 0 radical (unpaired) electrons. The maximum Gasteiger partial charge on any atom is 0.341 e. The van der Waals surface area contributed by atoms with Crippen molar-refractivity contribution in [2.75, 3.05) is 7.11 Å². The summed E-state index contributed by atoms with van der Waals surface area (Å²) in [6.45, 7) is 7.40. The Morgan fingerprint density at radius 3 is 2.65 bits per heavy atom. The zero-order chi connectivity index (χ0) is 14.7. The summed E-state index contributed by atoms with van der Waals surface area (Å²) in [5.41, 5.74) is 1.82. The highest BCUT2D eigenvalue weighted by Crippen LogP contribution is 2.20. The first-order valence-electron chi connectivity index (χ1n) is 6.45.